The van der Waals surface area contributed by atoms with Gasteiger partial charge in [-0.2, -0.15) is 0 Å². The number of halogens is 1. The van der Waals surface area contributed by atoms with E-state index < -0.39 is 0 Å². The van der Waals surface area contributed by atoms with Crippen LogP contribution < -0.4 is 5.73 Å². The van der Waals surface area contributed by atoms with Crippen LogP contribution in [0, 0.1) is 6.92 Å². The van der Waals surface area contributed by atoms with E-state index in [1.807, 2.05) is 13.0 Å². The van der Waals surface area contributed by atoms with E-state index in [2.05, 4.69) is 24.1 Å². The lowest BCUT2D eigenvalue weighted by atomic mass is 10.00. The fraction of sp³-hybridized carbons (Fsp3) is 0.571. The Labute approximate surface area is 114 Å². The average molecular weight is 269 g/mol. The molecule has 0 aromatic heterocycles. The van der Waals surface area contributed by atoms with Crippen molar-refractivity contribution in [2.24, 2.45) is 5.73 Å². The van der Waals surface area contributed by atoms with Crippen molar-refractivity contribution < 1.29 is 4.74 Å². The Hall–Kier alpha value is -0.610. The Morgan fingerprint density at radius 2 is 2.33 bits per heavy atom. The van der Waals surface area contributed by atoms with Crippen molar-refractivity contribution in [3.05, 3.63) is 34.3 Å². The van der Waals surface area contributed by atoms with Crippen LogP contribution in [0.2, 0.25) is 5.02 Å². The number of benzene rings is 1. The minimum atomic E-state index is -0.00652. The van der Waals surface area contributed by atoms with E-state index in [9.17, 15) is 0 Å². The molecule has 1 aliphatic rings. The summed E-state index contributed by atoms with van der Waals surface area (Å²) in [5.74, 6) is 0. The highest BCUT2D eigenvalue weighted by molar-refractivity contribution is 6.31. The van der Waals surface area contributed by atoms with Crippen LogP contribution in [0.25, 0.3) is 0 Å². The largest absolute Gasteiger partial charge is 0.374 e. The number of rotatable bonds is 3. The minimum absolute atomic E-state index is 0.00652. The van der Waals surface area contributed by atoms with Crippen LogP contribution in [0.15, 0.2) is 18.2 Å². The number of likely N-dealkylation sites (N-methyl/N-ethyl adjacent to an activating group) is 1. The fourth-order valence-electron chi connectivity index (χ4n) is 2.27. The molecule has 0 saturated carbocycles. The first-order chi connectivity index (χ1) is 8.56. The Morgan fingerprint density at radius 3 is 3.00 bits per heavy atom. The van der Waals surface area contributed by atoms with Crippen LogP contribution in [0.1, 0.15) is 11.1 Å². The monoisotopic (exact) mass is 268 g/mol. The van der Waals surface area contributed by atoms with Crippen molar-refractivity contribution in [3.63, 3.8) is 0 Å². The third-order valence-electron chi connectivity index (χ3n) is 3.44. The number of nitrogens with zero attached hydrogens (tertiary/aromatic N) is 1. The third kappa shape index (κ3) is 3.45. The molecule has 1 saturated heterocycles. The van der Waals surface area contributed by atoms with Crippen molar-refractivity contribution >= 4 is 11.6 Å². The van der Waals surface area contributed by atoms with Crippen LogP contribution in [-0.2, 0) is 11.2 Å². The van der Waals surface area contributed by atoms with Crippen LogP contribution in [0.5, 0.6) is 0 Å². The summed E-state index contributed by atoms with van der Waals surface area (Å²) < 4.78 is 5.74. The molecule has 2 N–H and O–H groups in total. The van der Waals surface area contributed by atoms with Crippen LogP contribution in [0.3, 0.4) is 0 Å². The molecule has 1 fully saturated rings. The maximum absolute atomic E-state index is 6.24. The van der Waals surface area contributed by atoms with E-state index >= 15 is 0 Å². The molecule has 0 radical (unpaired) electrons. The van der Waals surface area contributed by atoms with Gasteiger partial charge in [-0.05, 0) is 37.6 Å². The first-order valence-electron chi connectivity index (χ1n) is 6.37. The molecule has 1 aromatic carbocycles. The second kappa shape index (κ2) is 6.02. The van der Waals surface area contributed by atoms with Gasteiger partial charge < -0.3 is 15.4 Å². The van der Waals surface area contributed by atoms with Gasteiger partial charge in [0.15, 0.2) is 0 Å². The Balaban J connectivity index is 1.99. The summed E-state index contributed by atoms with van der Waals surface area (Å²) in [5, 5.41) is 0.801. The Bertz CT molecular complexity index is 411. The first kappa shape index (κ1) is 13.8. The van der Waals surface area contributed by atoms with Gasteiger partial charge in [-0.15, -0.1) is 0 Å². The number of morpholine rings is 1. The molecule has 1 aromatic rings. The van der Waals surface area contributed by atoms with Crippen molar-refractivity contribution in [2.75, 3.05) is 26.7 Å². The Kier molecular flexibility index (Phi) is 4.62. The standard InChI is InChI=1S/C14H21ClN2O/c1-10-3-4-11(12(15)7-10)8-13(16)14-9-17(2)5-6-18-14/h3-4,7,13-14H,5-6,8-9,16H2,1-2H3. The van der Waals surface area contributed by atoms with Crippen molar-refractivity contribution in [3.8, 4) is 0 Å². The van der Waals surface area contributed by atoms with Gasteiger partial charge in [0.05, 0.1) is 12.7 Å². The molecule has 2 rings (SSSR count). The number of ether oxygens (including phenoxy) is 1. The minimum Gasteiger partial charge on any atom is -0.374 e. The maximum Gasteiger partial charge on any atom is 0.0856 e. The first-order valence-corrected chi connectivity index (χ1v) is 6.75. The van der Waals surface area contributed by atoms with Gasteiger partial charge >= 0.3 is 0 Å². The normalized spacial score (nSPS) is 23.0. The summed E-state index contributed by atoms with van der Waals surface area (Å²) in [6, 6.07) is 6.11. The second-order valence-corrected chi connectivity index (χ2v) is 5.54. The van der Waals surface area contributed by atoms with Gasteiger partial charge in [0, 0.05) is 24.2 Å². The van der Waals surface area contributed by atoms with Crippen molar-refractivity contribution in [1.29, 1.82) is 0 Å². The quantitative estimate of drug-likeness (QED) is 0.909. The molecule has 2 unspecified atom stereocenters. The topological polar surface area (TPSA) is 38.5 Å². The summed E-state index contributed by atoms with van der Waals surface area (Å²) in [5.41, 5.74) is 8.51. The third-order valence-corrected chi connectivity index (χ3v) is 3.79. The van der Waals surface area contributed by atoms with E-state index in [1.54, 1.807) is 0 Å². The SMILES string of the molecule is Cc1ccc(CC(N)C2CN(C)CCO2)c(Cl)c1. The van der Waals surface area contributed by atoms with Crippen LogP contribution >= 0.6 is 11.6 Å². The van der Waals surface area contributed by atoms with Crippen LogP contribution in [0.4, 0.5) is 0 Å². The smallest absolute Gasteiger partial charge is 0.0856 e. The predicted octanol–water partition coefficient (Wildman–Crippen LogP) is 1.85. The number of aryl methyl sites for hydroxylation is 1. The molecular weight excluding hydrogens is 248 g/mol. The molecule has 18 heavy (non-hydrogen) atoms. The zero-order chi connectivity index (χ0) is 13.1. The number of nitrogens with two attached hydrogens (primary N) is 1. The lowest BCUT2D eigenvalue weighted by molar-refractivity contribution is -0.0319. The fourth-order valence-corrected chi connectivity index (χ4v) is 2.59. The molecule has 0 bridgehead atoms. The van der Waals surface area contributed by atoms with Gasteiger partial charge in [0.2, 0.25) is 0 Å². The Morgan fingerprint density at radius 1 is 1.56 bits per heavy atom. The zero-order valence-corrected chi connectivity index (χ0v) is 11.8. The maximum atomic E-state index is 6.24. The summed E-state index contributed by atoms with van der Waals surface area (Å²) in [6.45, 7) is 4.67. The summed E-state index contributed by atoms with van der Waals surface area (Å²) in [6.07, 6.45) is 0.860. The molecule has 2 atom stereocenters. The number of hydrogen-bond donors (Lipinski definition) is 1. The highest BCUT2D eigenvalue weighted by atomic mass is 35.5. The molecule has 100 valence electrons. The molecule has 1 heterocycles. The molecule has 3 nitrogen and oxygen atoms in total. The van der Waals surface area contributed by atoms with Crippen molar-refractivity contribution in [1.82, 2.24) is 4.90 Å². The molecule has 4 heteroatoms. The highest BCUT2D eigenvalue weighted by Crippen LogP contribution is 2.20. The zero-order valence-electron chi connectivity index (χ0n) is 11.0. The summed E-state index contributed by atoms with van der Waals surface area (Å²) in [7, 11) is 2.10. The van der Waals surface area contributed by atoms with E-state index in [1.165, 1.54) is 5.56 Å². The summed E-state index contributed by atoms with van der Waals surface area (Å²) >= 11 is 6.23. The predicted molar refractivity (Wildman–Crippen MR) is 75.1 cm³/mol. The highest BCUT2D eigenvalue weighted by Gasteiger charge is 2.24. The molecule has 1 aliphatic heterocycles. The molecular formula is C14H21ClN2O. The summed E-state index contributed by atoms with van der Waals surface area (Å²) in [4.78, 5) is 2.25. The van der Waals surface area contributed by atoms with Gasteiger partial charge in [0.1, 0.15) is 0 Å². The second-order valence-electron chi connectivity index (χ2n) is 5.13. The van der Waals surface area contributed by atoms with Gasteiger partial charge in [0.25, 0.3) is 0 Å². The van der Waals surface area contributed by atoms with E-state index in [-0.39, 0.29) is 12.1 Å². The van der Waals surface area contributed by atoms with Gasteiger partial charge in [-0.25, -0.2) is 0 Å². The van der Waals surface area contributed by atoms with Crippen LogP contribution in [-0.4, -0.2) is 43.8 Å². The van der Waals surface area contributed by atoms with Crippen molar-refractivity contribution in [2.45, 2.75) is 25.5 Å². The van der Waals surface area contributed by atoms with Gasteiger partial charge in [-0.3, -0.25) is 0 Å². The number of hydrogen-bond acceptors (Lipinski definition) is 3. The van der Waals surface area contributed by atoms with E-state index in [0.29, 0.717) is 0 Å². The lowest BCUT2D eigenvalue weighted by Gasteiger charge is -2.33. The molecule has 0 spiro atoms. The van der Waals surface area contributed by atoms with E-state index in [0.717, 1.165) is 36.7 Å². The van der Waals surface area contributed by atoms with Gasteiger partial charge in [-0.1, -0.05) is 23.7 Å². The molecule has 0 aliphatic carbocycles. The van der Waals surface area contributed by atoms with E-state index in [4.69, 9.17) is 22.1 Å². The lowest BCUT2D eigenvalue weighted by Crippen LogP contribution is -2.50. The molecule has 0 amide bonds. The average Bonchev–Trinajstić information content (AvgIpc) is 2.32.